The minimum Gasteiger partial charge on any atom is -0.493 e. The van der Waals surface area contributed by atoms with Crippen molar-refractivity contribution in [3.8, 4) is 11.5 Å². The number of hydrogen-bond donors (Lipinski definition) is 2. The number of nitrogens with one attached hydrogen (secondary N) is 1. The van der Waals surface area contributed by atoms with Crippen LogP contribution in [0.1, 0.15) is 11.1 Å². The number of benzene rings is 2. The third kappa shape index (κ3) is 6.32. The fourth-order valence-corrected chi connectivity index (χ4v) is 2.26. The highest BCUT2D eigenvalue weighted by atomic mass is 16.5. The molecule has 0 spiro atoms. The Kier molecular flexibility index (Phi) is 7.24. The third-order valence-corrected chi connectivity index (χ3v) is 3.54. The van der Waals surface area contributed by atoms with Gasteiger partial charge in [0, 0.05) is 12.6 Å². The van der Waals surface area contributed by atoms with Gasteiger partial charge in [0.15, 0.2) is 18.1 Å². The Morgan fingerprint density at radius 3 is 2.58 bits per heavy atom. The molecule has 26 heavy (non-hydrogen) atoms. The van der Waals surface area contributed by atoms with E-state index in [2.05, 4.69) is 5.32 Å². The summed E-state index contributed by atoms with van der Waals surface area (Å²) in [7, 11) is 1.48. The van der Waals surface area contributed by atoms with Crippen LogP contribution in [0.15, 0.2) is 54.6 Å². The molecule has 0 atom stereocenters. The Hall–Kier alpha value is -3.28. The van der Waals surface area contributed by atoms with Gasteiger partial charge >= 0.3 is 5.97 Å². The molecule has 0 bridgehead atoms. The van der Waals surface area contributed by atoms with E-state index in [0.717, 1.165) is 18.1 Å². The number of carbonyl (C=O) groups is 2. The van der Waals surface area contributed by atoms with Crippen LogP contribution in [0.4, 0.5) is 0 Å². The van der Waals surface area contributed by atoms with E-state index in [1.54, 1.807) is 18.2 Å². The number of ether oxygens (including phenoxy) is 2. The second-order valence-electron chi connectivity index (χ2n) is 5.46. The van der Waals surface area contributed by atoms with Gasteiger partial charge in [0.05, 0.1) is 7.11 Å². The molecule has 136 valence electrons. The normalized spacial score (nSPS) is 10.5. The zero-order chi connectivity index (χ0) is 18.8. The number of carbonyl (C=O) groups excluding carboxylic acids is 1. The summed E-state index contributed by atoms with van der Waals surface area (Å²) in [6.45, 7) is 0.401. The smallest absolute Gasteiger partial charge is 0.328 e. The number of carboxylic acids is 1. The molecule has 0 heterocycles. The monoisotopic (exact) mass is 355 g/mol. The van der Waals surface area contributed by atoms with Gasteiger partial charge in [-0.1, -0.05) is 36.4 Å². The molecular formula is C20H21NO5. The predicted octanol–water partition coefficient (Wildman–Crippen LogP) is 2.53. The summed E-state index contributed by atoms with van der Waals surface area (Å²) < 4.78 is 10.7. The number of methoxy groups -OCH3 is 1. The predicted molar refractivity (Wildman–Crippen MR) is 98.3 cm³/mol. The lowest BCUT2D eigenvalue weighted by molar-refractivity contribution is -0.131. The van der Waals surface area contributed by atoms with Crippen molar-refractivity contribution < 1.29 is 24.2 Å². The van der Waals surface area contributed by atoms with Crippen molar-refractivity contribution in [1.82, 2.24) is 5.32 Å². The molecule has 0 aliphatic heterocycles. The van der Waals surface area contributed by atoms with E-state index < -0.39 is 5.97 Å². The standard InChI is InChI=1S/C20H21NO5/c1-25-18-13-16(8-10-20(23)24)7-9-17(18)26-14-19(22)21-12-11-15-5-3-2-4-6-15/h2-10,13H,11-12,14H2,1H3,(H,21,22)(H,23,24). The van der Waals surface area contributed by atoms with E-state index in [0.29, 0.717) is 23.6 Å². The number of rotatable bonds is 9. The molecule has 0 aromatic heterocycles. The Balaban J connectivity index is 1.83. The molecule has 0 aliphatic carbocycles. The maximum Gasteiger partial charge on any atom is 0.328 e. The quantitative estimate of drug-likeness (QED) is 0.675. The Morgan fingerprint density at radius 2 is 1.88 bits per heavy atom. The van der Waals surface area contributed by atoms with E-state index >= 15 is 0 Å². The molecule has 2 aromatic rings. The van der Waals surface area contributed by atoms with Crippen molar-refractivity contribution in [2.45, 2.75) is 6.42 Å². The number of hydrogen-bond acceptors (Lipinski definition) is 4. The highest BCUT2D eigenvalue weighted by molar-refractivity contribution is 5.85. The molecule has 2 N–H and O–H groups in total. The summed E-state index contributed by atoms with van der Waals surface area (Å²) in [5.41, 5.74) is 1.81. The van der Waals surface area contributed by atoms with E-state index in [-0.39, 0.29) is 12.5 Å². The molecule has 0 radical (unpaired) electrons. The first-order valence-corrected chi connectivity index (χ1v) is 8.11. The van der Waals surface area contributed by atoms with Crippen LogP contribution in [-0.4, -0.2) is 37.2 Å². The van der Waals surface area contributed by atoms with Crippen molar-refractivity contribution in [3.05, 3.63) is 65.7 Å². The van der Waals surface area contributed by atoms with E-state index in [4.69, 9.17) is 14.6 Å². The highest BCUT2D eigenvalue weighted by Crippen LogP contribution is 2.28. The first-order valence-electron chi connectivity index (χ1n) is 8.11. The van der Waals surface area contributed by atoms with Crippen molar-refractivity contribution in [2.75, 3.05) is 20.3 Å². The lowest BCUT2D eigenvalue weighted by Gasteiger charge is -2.11. The fraction of sp³-hybridized carbons (Fsp3) is 0.200. The van der Waals surface area contributed by atoms with Crippen LogP contribution < -0.4 is 14.8 Å². The molecule has 2 rings (SSSR count). The van der Waals surface area contributed by atoms with E-state index in [1.165, 1.54) is 13.2 Å². The molecule has 6 nitrogen and oxygen atoms in total. The van der Waals surface area contributed by atoms with Crippen LogP contribution >= 0.6 is 0 Å². The topological polar surface area (TPSA) is 84.9 Å². The molecule has 6 heteroatoms. The number of amides is 1. The van der Waals surface area contributed by atoms with Gasteiger partial charge in [-0.15, -0.1) is 0 Å². The maximum atomic E-state index is 11.9. The van der Waals surface area contributed by atoms with Crippen LogP contribution in [0.25, 0.3) is 6.08 Å². The SMILES string of the molecule is COc1cc(C=CC(=O)O)ccc1OCC(=O)NCCc1ccccc1. The van der Waals surface area contributed by atoms with Gasteiger partial charge in [0.25, 0.3) is 5.91 Å². The van der Waals surface area contributed by atoms with Gasteiger partial charge < -0.3 is 19.9 Å². The third-order valence-electron chi connectivity index (χ3n) is 3.54. The number of carboxylic acid groups (broad SMARTS) is 1. The second kappa shape index (κ2) is 9.88. The van der Waals surface area contributed by atoms with Crippen LogP contribution in [0.3, 0.4) is 0 Å². The van der Waals surface area contributed by atoms with Crippen LogP contribution in [0.5, 0.6) is 11.5 Å². The van der Waals surface area contributed by atoms with Crippen LogP contribution in [0.2, 0.25) is 0 Å². The molecule has 0 saturated heterocycles. The zero-order valence-electron chi connectivity index (χ0n) is 14.5. The molecule has 0 fully saturated rings. The second-order valence-corrected chi connectivity index (χ2v) is 5.46. The van der Waals surface area contributed by atoms with Gasteiger partial charge in [-0.25, -0.2) is 4.79 Å². The van der Waals surface area contributed by atoms with Crippen molar-refractivity contribution in [1.29, 1.82) is 0 Å². The molecule has 0 saturated carbocycles. The van der Waals surface area contributed by atoms with Gasteiger partial charge in [0.1, 0.15) is 0 Å². The molecular weight excluding hydrogens is 334 g/mol. The maximum absolute atomic E-state index is 11.9. The lowest BCUT2D eigenvalue weighted by atomic mass is 10.1. The van der Waals surface area contributed by atoms with Gasteiger partial charge in [0.2, 0.25) is 0 Å². The Morgan fingerprint density at radius 1 is 1.12 bits per heavy atom. The average molecular weight is 355 g/mol. The largest absolute Gasteiger partial charge is 0.493 e. The Bertz CT molecular complexity index is 771. The molecule has 0 aliphatic rings. The lowest BCUT2D eigenvalue weighted by Crippen LogP contribution is -2.30. The summed E-state index contributed by atoms with van der Waals surface area (Å²) in [6.07, 6.45) is 3.24. The minimum absolute atomic E-state index is 0.130. The van der Waals surface area contributed by atoms with E-state index in [9.17, 15) is 9.59 Å². The molecule has 0 unspecified atom stereocenters. The van der Waals surface area contributed by atoms with Crippen molar-refractivity contribution in [2.24, 2.45) is 0 Å². The first kappa shape index (κ1) is 19.1. The van der Waals surface area contributed by atoms with Gasteiger partial charge in [-0.2, -0.15) is 0 Å². The van der Waals surface area contributed by atoms with Crippen molar-refractivity contribution in [3.63, 3.8) is 0 Å². The summed E-state index contributed by atoms with van der Waals surface area (Å²) in [5, 5.41) is 11.5. The van der Waals surface area contributed by atoms with Crippen LogP contribution in [-0.2, 0) is 16.0 Å². The van der Waals surface area contributed by atoms with Crippen molar-refractivity contribution >= 4 is 18.0 Å². The minimum atomic E-state index is -1.03. The Labute approximate surface area is 152 Å². The summed E-state index contributed by atoms with van der Waals surface area (Å²) in [5.74, 6) is -0.415. The fourth-order valence-electron chi connectivity index (χ4n) is 2.26. The summed E-state index contributed by atoms with van der Waals surface area (Å²) >= 11 is 0. The number of aliphatic carboxylic acids is 1. The van der Waals surface area contributed by atoms with Gasteiger partial charge in [-0.05, 0) is 35.8 Å². The highest BCUT2D eigenvalue weighted by Gasteiger charge is 2.08. The zero-order valence-corrected chi connectivity index (χ0v) is 14.5. The molecule has 1 amide bonds. The average Bonchev–Trinajstić information content (AvgIpc) is 2.65. The molecule has 2 aromatic carbocycles. The van der Waals surface area contributed by atoms with Gasteiger partial charge in [-0.3, -0.25) is 4.79 Å². The summed E-state index contributed by atoms with van der Waals surface area (Å²) in [6, 6.07) is 14.8. The van der Waals surface area contributed by atoms with Crippen LogP contribution in [0, 0.1) is 0 Å². The van der Waals surface area contributed by atoms with E-state index in [1.807, 2.05) is 30.3 Å². The summed E-state index contributed by atoms with van der Waals surface area (Å²) in [4.78, 5) is 22.5. The first-order chi connectivity index (χ1) is 12.6.